The Kier molecular flexibility index (Phi) is 20.7. The van der Waals surface area contributed by atoms with Gasteiger partial charge in [0.2, 0.25) is 10.9 Å². The van der Waals surface area contributed by atoms with Crippen LogP contribution >= 0.6 is 0 Å². The van der Waals surface area contributed by atoms with Crippen LogP contribution in [0.1, 0.15) is 84.8 Å². The number of benzene rings is 1. The number of likely N-dealkylation sites (tertiary alicyclic amines) is 1. The van der Waals surface area contributed by atoms with Gasteiger partial charge >= 0.3 is 0 Å². The quantitative estimate of drug-likeness (QED) is 0.0519. The van der Waals surface area contributed by atoms with Gasteiger partial charge in [0.15, 0.2) is 5.78 Å². The number of nitrogens with one attached hydrogen (secondary N) is 2. The van der Waals surface area contributed by atoms with Gasteiger partial charge in [-0.3, -0.25) is 19.3 Å². The molecule has 2 heterocycles. The summed E-state index contributed by atoms with van der Waals surface area (Å²) in [6.45, 7) is 19.9. The summed E-state index contributed by atoms with van der Waals surface area (Å²) in [7, 11) is 0. The second-order valence-corrected chi connectivity index (χ2v) is 17.7. The van der Waals surface area contributed by atoms with Crippen molar-refractivity contribution in [1.82, 2.24) is 15.2 Å². The van der Waals surface area contributed by atoms with E-state index in [2.05, 4.69) is 67.6 Å². The van der Waals surface area contributed by atoms with E-state index in [1.165, 1.54) is 27.7 Å². The molecule has 0 saturated carbocycles. The Hall–Kier alpha value is -2.27. The Morgan fingerprint density at radius 2 is 1.54 bits per heavy atom. The molecule has 13 nitrogen and oxygen atoms in total. The van der Waals surface area contributed by atoms with E-state index in [0.29, 0.717) is 77.3 Å². The molecule has 1 fully saturated rings. The zero-order valence-electron chi connectivity index (χ0n) is 32.4. The number of fused-ring (bicyclic) bond motifs is 1. The second kappa shape index (κ2) is 23.5. The maximum Gasteiger partial charge on any atom is 0.245 e. The van der Waals surface area contributed by atoms with Crippen molar-refractivity contribution in [1.29, 1.82) is 0 Å². The molecule has 1 aromatic carbocycles. The second-order valence-electron chi connectivity index (χ2n) is 15.7. The molecule has 298 valence electrons. The van der Waals surface area contributed by atoms with Crippen LogP contribution in [0.4, 0.5) is 0 Å². The van der Waals surface area contributed by atoms with Gasteiger partial charge in [0, 0.05) is 54.4 Å². The molecule has 1 saturated heterocycles. The number of hydrogen-bond acceptors (Lipinski definition) is 11. The van der Waals surface area contributed by atoms with Gasteiger partial charge in [-0.05, 0) is 89.4 Å². The lowest BCUT2D eigenvalue weighted by Gasteiger charge is -2.32. The zero-order chi connectivity index (χ0) is 37.3. The van der Waals surface area contributed by atoms with Crippen molar-refractivity contribution < 1.29 is 44.0 Å². The molecular weight excluding hydrogens is 689 g/mol. The van der Waals surface area contributed by atoms with Crippen molar-refractivity contribution in [2.24, 2.45) is 17.2 Å². The van der Waals surface area contributed by atoms with Crippen LogP contribution < -0.4 is 11.2 Å². The van der Waals surface area contributed by atoms with E-state index in [9.17, 15) is 14.7 Å². The number of ether oxygens (including phenoxy) is 4. The van der Waals surface area contributed by atoms with Gasteiger partial charge in [-0.15, -0.1) is 0 Å². The average molecular weight is 755 g/mol. The number of aromatic amines is 1. The summed E-state index contributed by atoms with van der Waals surface area (Å²) in [6, 6.07) is 3.96. The SMILES string of the molecule is CC(C)(C)Cc1c([SH+]C(C)(C)C)[nH]c2c(CN3CCC(CCNC(=O)COCCOCCOCCOCCCC(=O)CON)CC3)c(O)ccc12.[OH-]. The molecule has 0 unspecified atom stereocenters. The molecule has 52 heavy (non-hydrogen) atoms. The van der Waals surface area contributed by atoms with E-state index < -0.39 is 0 Å². The van der Waals surface area contributed by atoms with Crippen molar-refractivity contribution in [3.05, 3.63) is 23.3 Å². The molecule has 0 bridgehead atoms. The molecule has 3 rings (SSSR count). The lowest BCUT2D eigenvalue weighted by atomic mass is 9.88. The maximum atomic E-state index is 12.3. The topological polar surface area (TPSA) is 188 Å². The first-order valence-electron chi connectivity index (χ1n) is 18.5. The number of Topliss-reactive ketones (excluding diaryl/α,β-unsaturated/α-hetero) is 1. The van der Waals surface area contributed by atoms with Gasteiger partial charge in [0.25, 0.3) is 0 Å². The number of piperidine rings is 1. The fraction of sp³-hybridized carbons (Fsp3) is 0.737. The van der Waals surface area contributed by atoms with Crippen LogP contribution in [-0.2, 0) is 58.1 Å². The van der Waals surface area contributed by atoms with Crippen LogP contribution in [0.15, 0.2) is 17.2 Å². The largest absolute Gasteiger partial charge is 0.870 e. The van der Waals surface area contributed by atoms with Crippen LogP contribution in [0.2, 0.25) is 0 Å². The highest BCUT2D eigenvalue weighted by molar-refractivity contribution is 7.80. The van der Waals surface area contributed by atoms with Crippen LogP contribution in [0.25, 0.3) is 10.9 Å². The van der Waals surface area contributed by atoms with Gasteiger partial charge in [-0.25, -0.2) is 5.90 Å². The van der Waals surface area contributed by atoms with E-state index in [0.717, 1.165) is 56.4 Å². The number of hydrogen-bond donors (Lipinski definition) is 4. The summed E-state index contributed by atoms with van der Waals surface area (Å²) < 4.78 is 21.9. The fourth-order valence-electron chi connectivity index (χ4n) is 6.14. The molecule has 1 aromatic heterocycles. The molecule has 1 aliphatic rings. The summed E-state index contributed by atoms with van der Waals surface area (Å²) in [5.41, 5.74) is 3.59. The van der Waals surface area contributed by atoms with Crippen molar-refractivity contribution in [3.8, 4) is 5.75 Å². The number of H-pyrrole nitrogens is 1. The highest BCUT2D eigenvalue weighted by atomic mass is 32.2. The summed E-state index contributed by atoms with van der Waals surface area (Å²) in [5, 5.41) is 16.5. The van der Waals surface area contributed by atoms with Gasteiger partial charge in [0.05, 0.1) is 45.2 Å². The zero-order valence-corrected chi connectivity index (χ0v) is 33.3. The molecule has 0 spiro atoms. The van der Waals surface area contributed by atoms with E-state index in [1.807, 2.05) is 6.07 Å². The van der Waals surface area contributed by atoms with Gasteiger partial charge in [0.1, 0.15) is 23.7 Å². The highest BCUT2D eigenvalue weighted by Crippen LogP contribution is 2.37. The Labute approximate surface area is 314 Å². The molecule has 14 heteroatoms. The van der Waals surface area contributed by atoms with E-state index >= 15 is 0 Å². The van der Waals surface area contributed by atoms with E-state index in [1.54, 1.807) is 0 Å². The number of aromatic hydroxyl groups is 1. The number of ketones is 1. The third kappa shape index (κ3) is 17.7. The van der Waals surface area contributed by atoms with E-state index in [-0.39, 0.29) is 40.5 Å². The number of phenols is 1. The third-order valence-corrected chi connectivity index (χ3v) is 9.87. The number of amides is 1. The van der Waals surface area contributed by atoms with Crippen LogP contribution in [0.3, 0.4) is 0 Å². The maximum absolute atomic E-state index is 12.3. The summed E-state index contributed by atoms with van der Waals surface area (Å²) >= 11 is 1.26. The number of rotatable bonds is 24. The first kappa shape index (κ1) is 45.9. The minimum Gasteiger partial charge on any atom is -0.870 e. The fourth-order valence-corrected chi connectivity index (χ4v) is 7.31. The summed E-state index contributed by atoms with van der Waals surface area (Å²) in [4.78, 5) is 34.0. The number of aromatic nitrogens is 1. The minimum atomic E-state index is -0.113. The lowest BCUT2D eigenvalue weighted by molar-refractivity contribution is -0.126. The number of phenolic OH excluding ortho intramolecular Hbond substituents is 1. The number of nitrogens with two attached hydrogens (primary N) is 1. The van der Waals surface area contributed by atoms with Gasteiger partial charge in [-0.2, -0.15) is 0 Å². The van der Waals surface area contributed by atoms with Crippen LogP contribution in [-0.4, -0.2) is 116 Å². The smallest absolute Gasteiger partial charge is 0.245 e. The normalized spacial score (nSPS) is 14.5. The average Bonchev–Trinajstić information content (AvgIpc) is 3.37. The van der Waals surface area contributed by atoms with Gasteiger partial charge < -0.3 is 39.8 Å². The monoisotopic (exact) mass is 754 g/mol. The summed E-state index contributed by atoms with van der Waals surface area (Å²) in [6.07, 6.45) is 5.07. The molecule has 0 aliphatic carbocycles. The number of thiol groups is 1. The predicted octanol–water partition coefficient (Wildman–Crippen LogP) is 4.28. The molecule has 1 aliphatic heterocycles. The first-order valence-corrected chi connectivity index (χ1v) is 19.4. The highest BCUT2D eigenvalue weighted by Gasteiger charge is 2.31. The predicted molar refractivity (Wildman–Crippen MR) is 205 cm³/mol. The Balaban J connectivity index is 0.00000936. The molecule has 2 aromatic rings. The Morgan fingerprint density at radius 3 is 2.13 bits per heavy atom. The van der Waals surface area contributed by atoms with Crippen molar-refractivity contribution in [2.75, 3.05) is 79.1 Å². The van der Waals surface area contributed by atoms with Crippen molar-refractivity contribution in [3.63, 3.8) is 0 Å². The summed E-state index contributed by atoms with van der Waals surface area (Å²) in [5.74, 6) is 5.62. The Morgan fingerprint density at radius 1 is 0.923 bits per heavy atom. The Bertz CT molecular complexity index is 1330. The number of carbonyl (C=O) groups is 2. The molecule has 0 radical (unpaired) electrons. The standard InChI is InChI=1S/C38H64N4O8S.H2O/c1-37(2,3)24-31-30-9-10-33(44)32(35(30)41-36(31)51-38(4,5)6)25-42-15-12-28(13-16-42)11-14-40-34(45)27-49-23-22-48-21-20-47-19-18-46-17-7-8-29(43)26-50-39;/h9-10,28,41,44H,7-8,11-27,39H2,1-6H3,(H,40,45);1H2. The number of nitrogens with zero attached hydrogens (tertiary/aromatic N) is 1. The third-order valence-electron chi connectivity index (χ3n) is 8.60. The van der Waals surface area contributed by atoms with E-state index in [4.69, 9.17) is 24.8 Å². The van der Waals surface area contributed by atoms with Crippen LogP contribution in [0, 0.1) is 11.3 Å². The molecule has 1 amide bonds. The van der Waals surface area contributed by atoms with Gasteiger partial charge in [-0.1, -0.05) is 20.8 Å². The molecule has 0 atom stereocenters. The van der Waals surface area contributed by atoms with Crippen LogP contribution in [0.5, 0.6) is 5.75 Å². The number of carbonyl (C=O) groups excluding carboxylic acids is 2. The molecule has 6 N–H and O–H groups in total. The minimum absolute atomic E-state index is 0. The first-order chi connectivity index (χ1) is 24.3. The lowest BCUT2D eigenvalue weighted by Crippen LogP contribution is -2.35. The van der Waals surface area contributed by atoms with Crippen molar-refractivity contribution in [2.45, 2.75) is 96.4 Å². The van der Waals surface area contributed by atoms with Crippen molar-refractivity contribution >= 4 is 34.4 Å². The molecular formula is C38H66N4O9S.